The molecule has 0 aromatic heterocycles. The number of aliphatic hydroxyl groups is 1. The number of rotatable bonds is 6. The highest BCUT2D eigenvalue weighted by molar-refractivity contribution is 5.28. The molecule has 2 nitrogen and oxygen atoms in total. The van der Waals surface area contributed by atoms with Gasteiger partial charge in [0.2, 0.25) is 0 Å². The topological polar surface area (TPSA) is 29.5 Å². The van der Waals surface area contributed by atoms with E-state index in [1.54, 1.807) is 5.57 Å². The molecule has 0 saturated heterocycles. The number of ether oxygens (including phenoxy) is 1. The highest BCUT2D eigenvalue weighted by Gasteiger charge is 2.59. The fraction of sp³-hybridized carbons (Fsp3) is 0.742. The average molecular weight is 451 g/mol. The van der Waals surface area contributed by atoms with Gasteiger partial charge >= 0.3 is 0 Å². The van der Waals surface area contributed by atoms with Gasteiger partial charge in [-0.1, -0.05) is 44.6 Å². The number of fused-ring (bicyclic) bond motifs is 5. The van der Waals surface area contributed by atoms with Gasteiger partial charge in [0.1, 0.15) is 5.75 Å². The maximum Gasteiger partial charge on any atom is 0.119 e. The number of benzene rings is 1. The van der Waals surface area contributed by atoms with Crippen LogP contribution in [0.5, 0.6) is 5.75 Å². The van der Waals surface area contributed by atoms with Gasteiger partial charge in [-0.2, -0.15) is 0 Å². The molecule has 3 saturated carbocycles. The lowest BCUT2D eigenvalue weighted by Gasteiger charge is -2.58. The van der Waals surface area contributed by atoms with Crippen molar-refractivity contribution in [2.45, 2.75) is 98.0 Å². The summed E-state index contributed by atoms with van der Waals surface area (Å²) in [5.41, 5.74) is 3.94. The molecule has 3 fully saturated rings. The van der Waals surface area contributed by atoms with Crippen LogP contribution in [-0.2, 0) is 6.42 Å². The minimum Gasteiger partial charge on any atom is -0.494 e. The van der Waals surface area contributed by atoms with Crippen molar-refractivity contribution in [3.63, 3.8) is 0 Å². The zero-order valence-corrected chi connectivity index (χ0v) is 21.5. The van der Waals surface area contributed by atoms with Crippen molar-refractivity contribution >= 4 is 0 Å². The highest BCUT2D eigenvalue weighted by Crippen LogP contribution is 2.67. The first-order valence-corrected chi connectivity index (χ1v) is 13.9. The minimum atomic E-state index is -0.0955. The Labute approximate surface area is 202 Å². The molecule has 4 aliphatic rings. The van der Waals surface area contributed by atoms with Gasteiger partial charge in [-0.3, -0.25) is 0 Å². The van der Waals surface area contributed by atoms with Crippen molar-refractivity contribution < 1.29 is 9.84 Å². The zero-order valence-electron chi connectivity index (χ0n) is 21.5. The average Bonchev–Trinajstić information content (AvgIpc) is 3.16. The van der Waals surface area contributed by atoms with E-state index in [0.717, 1.165) is 54.8 Å². The molecule has 0 radical (unpaired) electrons. The van der Waals surface area contributed by atoms with Crippen LogP contribution in [0.2, 0.25) is 0 Å². The van der Waals surface area contributed by atoms with Gasteiger partial charge in [0, 0.05) is 0 Å². The van der Waals surface area contributed by atoms with Crippen molar-refractivity contribution in [2.75, 3.05) is 6.61 Å². The summed E-state index contributed by atoms with van der Waals surface area (Å²) in [5, 5.41) is 10.3. The maximum atomic E-state index is 10.3. The first kappa shape index (κ1) is 23.5. The van der Waals surface area contributed by atoms with Crippen LogP contribution in [0.3, 0.4) is 0 Å². The van der Waals surface area contributed by atoms with Crippen LogP contribution in [0, 0.1) is 40.4 Å². The zero-order chi connectivity index (χ0) is 23.2. The molecule has 1 aromatic rings. The molecule has 8 atom stereocenters. The van der Waals surface area contributed by atoms with E-state index in [0.29, 0.717) is 10.8 Å². The fourth-order valence-corrected chi connectivity index (χ4v) is 9.13. The Morgan fingerprint density at radius 3 is 2.58 bits per heavy atom. The molecule has 0 amide bonds. The summed E-state index contributed by atoms with van der Waals surface area (Å²) in [5.74, 6) is 5.27. The molecule has 4 aliphatic carbocycles. The summed E-state index contributed by atoms with van der Waals surface area (Å²) in [6.07, 6.45) is 15.1. The third kappa shape index (κ3) is 4.09. The lowest BCUT2D eigenvalue weighted by molar-refractivity contribution is -0.0571. The minimum absolute atomic E-state index is 0.0955. The molecule has 0 aliphatic heterocycles. The first-order chi connectivity index (χ1) is 15.8. The monoisotopic (exact) mass is 450 g/mol. The van der Waals surface area contributed by atoms with Crippen LogP contribution in [-0.4, -0.2) is 17.8 Å². The summed E-state index contributed by atoms with van der Waals surface area (Å²) in [4.78, 5) is 0. The lowest BCUT2D eigenvalue weighted by Crippen LogP contribution is -2.50. The van der Waals surface area contributed by atoms with E-state index in [1.165, 1.54) is 56.9 Å². The molecule has 0 heterocycles. The molecule has 5 rings (SSSR count). The number of hydrogen-bond donors (Lipinski definition) is 1. The van der Waals surface area contributed by atoms with Gasteiger partial charge in [0.25, 0.3) is 0 Å². The maximum absolute atomic E-state index is 10.3. The summed E-state index contributed by atoms with van der Waals surface area (Å²) < 4.78 is 5.61. The Morgan fingerprint density at radius 1 is 1.03 bits per heavy atom. The van der Waals surface area contributed by atoms with Crippen molar-refractivity contribution in [1.29, 1.82) is 0 Å². The van der Waals surface area contributed by atoms with Gasteiger partial charge in [-0.15, -0.1) is 0 Å². The number of allylic oxidation sites excluding steroid dienone is 1. The van der Waals surface area contributed by atoms with Gasteiger partial charge in [-0.25, -0.2) is 0 Å². The Bertz CT molecular complexity index is 856. The SMILES string of the molecule is CCOc1ccc(CCC(C)C2CCC3C4CC=C5CC(O)CCC5(C)C4CCC23C)cc1. The third-order valence-corrected chi connectivity index (χ3v) is 11.0. The van der Waals surface area contributed by atoms with E-state index >= 15 is 0 Å². The van der Waals surface area contributed by atoms with Crippen molar-refractivity contribution in [1.82, 2.24) is 0 Å². The summed E-state index contributed by atoms with van der Waals surface area (Å²) >= 11 is 0. The van der Waals surface area contributed by atoms with Crippen LogP contribution in [0.4, 0.5) is 0 Å². The van der Waals surface area contributed by atoms with E-state index in [9.17, 15) is 5.11 Å². The Kier molecular flexibility index (Phi) is 6.44. The molecule has 33 heavy (non-hydrogen) atoms. The second-order valence-electron chi connectivity index (χ2n) is 12.5. The molecule has 0 bridgehead atoms. The van der Waals surface area contributed by atoms with Crippen molar-refractivity contribution in [3.05, 3.63) is 41.5 Å². The summed E-state index contributed by atoms with van der Waals surface area (Å²) in [7, 11) is 0. The Morgan fingerprint density at radius 2 is 1.82 bits per heavy atom. The molecule has 0 spiro atoms. The van der Waals surface area contributed by atoms with E-state index in [2.05, 4.69) is 51.1 Å². The molecule has 8 unspecified atom stereocenters. The molecule has 2 heteroatoms. The first-order valence-electron chi connectivity index (χ1n) is 13.9. The third-order valence-electron chi connectivity index (χ3n) is 11.0. The predicted octanol–water partition coefficient (Wildman–Crippen LogP) is 7.59. The highest BCUT2D eigenvalue weighted by atomic mass is 16.5. The quantitative estimate of drug-likeness (QED) is 0.452. The van der Waals surface area contributed by atoms with Crippen molar-refractivity contribution in [3.8, 4) is 5.75 Å². The van der Waals surface area contributed by atoms with Gasteiger partial charge in [0.05, 0.1) is 12.7 Å². The standard InChI is InChI=1S/C31H46O2/c1-5-33-25-11-8-22(9-12-25)7-6-21(2)27-14-15-28-26-13-10-23-20-24(32)16-18-30(23,3)29(26)17-19-31(27,28)4/h8-12,21,24,26-29,32H,5-7,13-20H2,1-4H3. The molecule has 182 valence electrons. The van der Waals surface area contributed by atoms with Gasteiger partial charge in [-0.05, 0) is 129 Å². The molecule has 1 N–H and O–H groups in total. The number of aryl methyl sites for hydroxylation is 1. The smallest absolute Gasteiger partial charge is 0.119 e. The van der Waals surface area contributed by atoms with Crippen LogP contribution in [0.1, 0.15) is 91.0 Å². The van der Waals surface area contributed by atoms with Gasteiger partial charge < -0.3 is 9.84 Å². The predicted molar refractivity (Wildman–Crippen MR) is 136 cm³/mol. The molecular formula is C31H46O2. The van der Waals surface area contributed by atoms with E-state index < -0.39 is 0 Å². The van der Waals surface area contributed by atoms with E-state index in [1.807, 2.05) is 6.92 Å². The van der Waals surface area contributed by atoms with Crippen LogP contribution >= 0.6 is 0 Å². The number of aliphatic hydroxyl groups excluding tert-OH is 1. The second kappa shape index (κ2) is 9.06. The largest absolute Gasteiger partial charge is 0.494 e. The Balaban J connectivity index is 1.26. The normalized spacial score (nSPS) is 40.9. The fourth-order valence-electron chi connectivity index (χ4n) is 9.13. The van der Waals surface area contributed by atoms with E-state index in [4.69, 9.17) is 4.74 Å². The van der Waals surface area contributed by atoms with E-state index in [-0.39, 0.29) is 6.10 Å². The van der Waals surface area contributed by atoms with Crippen LogP contribution in [0.15, 0.2) is 35.9 Å². The number of hydrogen-bond acceptors (Lipinski definition) is 2. The second-order valence-corrected chi connectivity index (χ2v) is 12.5. The molecular weight excluding hydrogens is 404 g/mol. The van der Waals surface area contributed by atoms with Gasteiger partial charge in [0.15, 0.2) is 0 Å². The summed E-state index contributed by atoms with van der Waals surface area (Å²) in [6.45, 7) is 10.5. The summed E-state index contributed by atoms with van der Waals surface area (Å²) in [6, 6.07) is 8.78. The van der Waals surface area contributed by atoms with Crippen molar-refractivity contribution in [2.24, 2.45) is 40.4 Å². The Hall–Kier alpha value is -1.28. The van der Waals surface area contributed by atoms with Crippen LogP contribution < -0.4 is 4.74 Å². The molecule has 1 aromatic carbocycles. The lowest BCUT2D eigenvalue weighted by atomic mass is 9.47. The van der Waals surface area contributed by atoms with Crippen LogP contribution in [0.25, 0.3) is 0 Å².